The summed E-state index contributed by atoms with van der Waals surface area (Å²) >= 11 is 6.84. The van der Waals surface area contributed by atoms with Crippen LogP contribution in [0.2, 0.25) is 5.02 Å². The first kappa shape index (κ1) is 18.7. The van der Waals surface area contributed by atoms with Crippen LogP contribution in [0.4, 0.5) is 0 Å². The second-order valence-corrected chi connectivity index (χ2v) is 8.62. The van der Waals surface area contributed by atoms with Crippen LogP contribution in [0, 0.1) is 0 Å². The van der Waals surface area contributed by atoms with Gasteiger partial charge in [-0.25, -0.2) is 12.7 Å². The average Bonchev–Trinajstić information content (AvgIpc) is 3.02. The highest BCUT2D eigenvalue weighted by Crippen LogP contribution is 2.23. The molecule has 1 amide bonds. The Bertz CT molecular complexity index is 820. The van der Waals surface area contributed by atoms with Crippen LogP contribution < -0.4 is 10.5 Å². The quantitative estimate of drug-likeness (QED) is 0.704. The highest BCUT2D eigenvalue weighted by molar-refractivity contribution is 7.91. The zero-order valence-corrected chi connectivity index (χ0v) is 15.3. The number of sulfonamides is 1. The number of primary amides is 1. The summed E-state index contributed by atoms with van der Waals surface area (Å²) in [5, 5.41) is 2.01. The van der Waals surface area contributed by atoms with Crippen molar-refractivity contribution in [2.24, 2.45) is 5.73 Å². The molecule has 0 saturated heterocycles. The molecule has 2 aromatic rings. The molecule has 0 fully saturated rings. The van der Waals surface area contributed by atoms with Crippen LogP contribution in [-0.2, 0) is 10.0 Å². The minimum Gasteiger partial charge on any atom is -0.493 e. The minimum atomic E-state index is -3.64. The van der Waals surface area contributed by atoms with Crippen LogP contribution in [0.1, 0.15) is 16.8 Å². The fraction of sp³-hybridized carbons (Fsp3) is 0.267. The topological polar surface area (TPSA) is 89.7 Å². The number of amides is 1. The molecule has 0 unspecified atom stereocenters. The third-order valence-electron chi connectivity index (χ3n) is 3.21. The van der Waals surface area contributed by atoms with Crippen LogP contribution in [0.3, 0.4) is 0 Å². The number of thiophene rings is 1. The van der Waals surface area contributed by atoms with Gasteiger partial charge >= 0.3 is 0 Å². The van der Waals surface area contributed by atoms with Crippen molar-refractivity contribution < 1.29 is 17.9 Å². The van der Waals surface area contributed by atoms with Crippen molar-refractivity contribution in [1.82, 2.24) is 4.31 Å². The Hall–Kier alpha value is -1.61. The average molecular weight is 389 g/mol. The Balaban J connectivity index is 1.88. The number of benzene rings is 1. The van der Waals surface area contributed by atoms with Crippen LogP contribution in [0.25, 0.3) is 0 Å². The molecule has 2 N–H and O–H groups in total. The monoisotopic (exact) mass is 388 g/mol. The molecule has 0 aliphatic carbocycles. The maximum Gasteiger partial charge on any atom is 0.252 e. The molecular formula is C15H17ClN2O4S2. The van der Waals surface area contributed by atoms with Crippen molar-refractivity contribution in [2.45, 2.75) is 10.6 Å². The largest absolute Gasteiger partial charge is 0.493 e. The van der Waals surface area contributed by atoms with E-state index >= 15 is 0 Å². The van der Waals surface area contributed by atoms with Crippen LogP contribution in [0.5, 0.6) is 5.75 Å². The number of ether oxygens (including phenoxy) is 1. The number of halogens is 1. The first-order valence-electron chi connectivity index (χ1n) is 7.04. The fourth-order valence-corrected chi connectivity index (χ4v) is 4.66. The van der Waals surface area contributed by atoms with Gasteiger partial charge < -0.3 is 10.5 Å². The molecule has 0 aliphatic heterocycles. The molecule has 1 aromatic carbocycles. The highest BCUT2D eigenvalue weighted by Gasteiger charge is 2.23. The Kier molecular flexibility index (Phi) is 6.22. The molecule has 0 atom stereocenters. The molecule has 1 heterocycles. The number of nitrogens with zero attached hydrogens (tertiary/aromatic N) is 1. The van der Waals surface area contributed by atoms with Gasteiger partial charge in [0, 0.05) is 24.0 Å². The van der Waals surface area contributed by atoms with E-state index in [1.54, 1.807) is 24.3 Å². The van der Waals surface area contributed by atoms with Gasteiger partial charge in [0.15, 0.2) is 0 Å². The molecule has 0 saturated carbocycles. The third-order valence-corrected chi connectivity index (χ3v) is 6.71. The maximum atomic E-state index is 12.4. The van der Waals surface area contributed by atoms with Gasteiger partial charge in [0.1, 0.15) is 9.96 Å². The van der Waals surface area contributed by atoms with Crippen molar-refractivity contribution in [3.63, 3.8) is 0 Å². The van der Waals surface area contributed by atoms with E-state index in [4.69, 9.17) is 22.1 Å². The summed E-state index contributed by atoms with van der Waals surface area (Å²) in [6, 6.07) is 8.29. The van der Waals surface area contributed by atoms with E-state index in [1.807, 2.05) is 0 Å². The van der Waals surface area contributed by atoms with E-state index in [0.717, 1.165) is 11.3 Å². The van der Waals surface area contributed by atoms with Crippen LogP contribution in [-0.4, -0.2) is 38.8 Å². The number of carbonyl (C=O) groups is 1. The van der Waals surface area contributed by atoms with Gasteiger partial charge in [0.2, 0.25) is 5.91 Å². The summed E-state index contributed by atoms with van der Waals surface area (Å²) in [6.07, 6.45) is 0.510. The van der Waals surface area contributed by atoms with Crippen molar-refractivity contribution >= 4 is 38.9 Å². The highest BCUT2D eigenvalue weighted by atomic mass is 35.5. The van der Waals surface area contributed by atoms with E-state index in [9.17, 15) is 13.2 Å². The molecule has 0 radical (unpaired) electrons. The second-order valence-electron chi connectivity index (χ2n) is 5.00. The lowest BCUT2D eigenvalue weighted by Crippen LogP contribution is -2.28. The molecule has 0 spiro atoms. The lowest BCUT2D eigenvalue weighted by molar-refractivity contribution is 0.100. The summed E-state index contributed by atoms with van der Waals surface area (Å²) in [5.74, 6) is -0.0114. The van der Waals surface area contributed by atoms with E-state index in [0.29, 0.717) is 23.8 Å². The molecule has 130 valence electrons. The van der Waals surface area contributed by atoms with Crippen LogP contribution >= 0.6 is 22.9 Å². The predicted molar refractivity (Wildman–Crippen MR) is 94.2 cm³/mol. The SMILES string of the molecule is CN(CCCOc1cccc(Cl)c1)S(=O)(=O)c1cc(C(N)=O)cs1. The second kappa shape index (κ2) is 7.98. The minimum absolute atomic E-state index is 0.0922. The molecule has 2 rings (SSSR count). The van der Waals surface area contributed by atoms with Gasteiger partial charge in [-0.3, -0.25) is 4.79 Å². The molecule has 6 nitrogen and oxygen atoms in total. The van der Waals surface area contributed by atoms with Gasteiger partial charge in [0.05, 0.1) is 12.2 Å². The summed E-state index contributed by atoms with van der Waals surface area (Å²) in [5.41, 5.74) is 5.33. The van der Waals surface area contributed by atoms with Crippen molar-refractivity contribution in [3.8, 4) is 5.75 Å². The lowest BCUT2D eigenvalue weighted by atomic mass is 10.3. The smallest absolute Gasteiger partial charge is 0.252 e. The van der Waals surface area contributed by atoms with Gasteiger partial charge in [-0.15, -0.1) is 11.3 Å². The number of hydrogen-bond acceptors (Lipinski definition) is 5. The van der Waals surface area contributed by atoms with E-state index in [2.05, 4.69) is 0 Å². The molecule has 0 bridgehead atoms. The summed E-state index contributed by atoms with van der Waals surface area (Å²) in [4.78, 5) is 11.1. The molecule has 24 heavy (non-hydrogen) atoms. The van der Waals surface area contributed by atoms with Gasteiger partial charge in [-0.2, -0.15) is 0 Å². The van der Waals surface area contributed by atoms with Gasteiger partial charge in [-0.05, 0) is 30.7 Å². The Labute approximate surface area is 149 Å². The number of hydrogen-bond donors (Lipinski definition) is 1. The van der Waals surface area contributed by atoms with Crippen LogP contribution in [0.15, 0.2) is 39.9 Å². The van der Waals surface area contributed by atoms with Gasteiger partial charge in [0.25, 0.3) is 10.0 Å². The zero-order chi connectivity index (χ0) is 17.7. The molecule has 0 aliphatic rings. The van der Waals surface area contributed by atoms with Crippen molar-refractivity contribution in [2.75, 3.05) is 20.2 Å². The number of carbonyl (C=O) groups excluding carboxylic acids is 1. The van der Waals surface area contributed by atoms with Crippen molar-refractivity contribution in [3.05, 3.63) is 46.3 Å². The molecule has 1 aromatic heterocycles. The Morgan fingerprint density at radius 1 is 1.38 bits per heavy atom. The predicted octanol–water partition coefficient (Wildman–Crippen LogP) is 2.59. The maximum absolute atomic E-state index is 12.4. The molecular weight excluding hydrogens is 372 g/mol. The van der Waals surface area contributed by atoms with E-state index in [1.165, 1.54) is 22.8 Å². The van der Waals surface area contributed by atoms with E-state index < -0.39 is 15.9 Å². The number of rotatable bonds is 8. The number of nitrogens with two attached hydrogens (primary N) is 1. The summed E-state index contributed by atoms with van der Waals surface area (Å²) in [6.45, 7) is 0.643. The standard InChI is InChI=1S/C15H17ClN2O4S2/c1-18(6-3-7-22-13-5-2-4-12(16)9-13)24(20,21)14-8-11(10-23-14)15(17)19/h2,4-5,8-10H,3,6-7H2,1H3,(H2,17,19). The normalized spacial score (nSPS) is 11.6. The van der Waals surface area contributed by atoms with Gasteiger partial charge in [-0.1, -0.05) is 17.7 Å². The summed E-state index contributed by atoms with van der Waals surface area (Å²) < 4.78 is 31.7. The first-order valence-corrected chi connectivity index (χ1v) is 9.73. The third kappa shape index (κ3) is 4.70. The van der Waals surface area contributed by atoms with E-state index in [-0.39, 0.29) is 16.3 Å². The molecule has 9 heteroatoms. The first-order chi connectivity index (χ1) is 11.3. The summed E-state index contributed by atoms with van der Waals surface area (Å²) in [7, 11) is -2.15. The lowest BCUT2D eigenvalue weighted by Gasteiger charge is -2.16. The van der Waals surface area contributed by atoms with Crippen molar-refractivity contribution in [1.29, 1.82) is 0 Å². The zero-order valence-electron chi connectivity index (χ0n) is 12.9. The Morgan fingerprint density at radius 2 is 2.12 bits per heavy atom. The fourth-order valence-electron chi connectivity index (χ4n) is 1.89. The Morgan fingerprint density at radius 3 is 2.75 bits per heavy atom.